The van der Waals surface area contributed by atoms with E-state index in [2.05, 4.69) is 29.8 Å². The Morgan fingerprint density at radius 1 is 0.840 bits per heavy atom. The van der Waals surface area contributed by atoms with Crippen LogP contribution in [0.5, 0.6) is 0 Å². The van der Waals surface area contributed by atoms with Gasteiger partial charge in [0.1, 0.15) is 0 Å². The van der Waals surface area contributed by atoms with Gasteiger partial charge in [0.2, 0.25) is 5.91 Å². The number of anilines is 2. The third kappa shape index (κ3) is 5.64. The molecule has 0 aromatic heterocycles. The van der Waals surface area contributed by atoms with Gasteiger partial charge in [-0.05, 0) is 48.2 Å². The van der Waals surface area contributed by atoms with Crippen LogP contribution >= 0.6 is 0 Å². The van der Waals surface area contributed by atoms with Crippen molar-refractivity contribution < 1.29 is 9.59 Å². The Hall–Kier alpha value is -2.82. The van der Waals surface area contributed by atoms with Crippen LogP contribution in [0.15, 0.2) is 48.5 Å². The summed E-state index contributed by atoms with van der Waals surface area (Å²) in [6.07, 6.45) is 0. The maximum absolute atomic E-state index is 12.2. The summed E-state index contributed by atoms with van der Waals surface area (Å²) < 4.78 is 0. The molecule has 2 aromatic rings. The molecule has 0 aliphatic heterocycles. The Morgan fingerprint density at radius 3 is 2.12 bits per heavy atom. The molecule has 0 aliphatic rings. The number of carbonyl (C=O) groups excluding carboxylic acids is 2. The van der Waals surface area contributed by atoms with E-state index >= 15 is 0 Å². The van der Waals surface area contributed by atoms with Gasteiger partial charge in [0.05, 0.1) is 6.04 Å². The third-order valence-electron chi connectivity index (χ3n) is 3.89. The van der Waals surface area contributed by atoms with Crippen molar-refractivity contribution in [2.24, 2.45) is 0 Å². The summed E-state index contributed by atoms with van der Waals surface area (Å²) >= 11 is 0. The quantitative estimate of drug-likeness (QED) is 0.742. The summed E-state index contributed by atoms with van der Waals surface area (Å²) in [7, 11) is 0. The molecule has 0 heterocycles. The van der Waals surface area contributed by atoms with E-state index in [1.807, 2.05) is 55.5 Å². The number of hydrogen-bond acceptors (Lipinski definition) is 2. The van der Waals surface area contributed by atoms with Crippen LogP contribution < -0.4 is 16.0 Å². The van der Waals surface area contributed by atoms with Gasteiger partial charge < -0.3 is 16.0 Å². The van der Waals surface area contributed by atoms with Crippen molar-refractivity contribution in [3.63, 3.8) is 0 Å². The van der Waals surface area contributed by atoms with E-state index in [4.69, 9.17) is 0 Å². The molecule has 0 saturated heterocycles. The zero-order chi connectivity index (χ0) is 18.4. The Kier molecular flexibility index (Phi) is 6.17. The molecular formula is C20H25N3O2. The second-order valence-electron chi connectivity index (χ2n) is 6.40. The fourth-order valence-corrected chi connectivity index (χ4v) is 2.49. The first-order valence-corrected chi connectivity index (χ1v) is 8.40. The van der Waals surface area contributed by atoms with E-state index in [1.165, 1.54) is 12.5 Å². The molecule has 5 heteroatoms. The van der Waals surface area contributed by atoms with E-state index in [1.54, 1.807) is 0 Å². The van der Waals surface area contributed by atoms with Crippen LogP contribution in [0.25, 0.3) is 0 Å². The molecule has 0 unspecified atom stereocenters. The lowest BCUT2D eigenvalue weighted by molar-refractivity contribution is -0.114. The molecule has 1 atom stereocenters. The first kappa shape index (κ1) is 18.5. The highest BCUT2D eigenvalue weighted by atomic mass is 16.2. The molecule has 0 spiro atoms. The highest BCUT2D eigenvalue weighted by molar-refractivity contribution is 5.90. The van der Waals surface area contributed by atoms with Crippen molar-refractivity contribution in [1.29, 1.82) is 0 Å². The number of carbonyl (C=O) groups is 2. The van der Waals surface area contributed by atoms with Gasteiger partial charge in [-0.2, -0.15) is 0 Å². The minimum absolute atomic E-state index is 0.125. The third-order valence-corrected chi connectivity index (χ3v) is 3.89. The van der Waals surface area contributed by atoms with Crippen LogP contribution in [-0.2, 0) is 4.79 Å². The second-order valence-corrected chi connectivity index (χ2v) is 6.40. The molecule has 0 bridgehead atoms. The summed E-state index contributed by atoms with van der Waals surface area (Å²) in [5.74, 6) is 0.333. The van der Waals surface area contributed by atoms with Gasteiger partial charge in [0, 0.05) is 18.3 Å². The van der Waals surface area contributed by atoms with Crippen LogP contribution in [0.4, 0.5) is 16.2 Å². The zero-order valence-corrected chi connectivity index (χ0v) is 15.1. The van der Waals surface area contributed by atoms with Gasteiger partial charge >= 0.3 is 6.03 Å². The van der Waals surface area contributed by atoms with Crippen LogP contribution in [0.2, 0.25) is 0 Å². The average molecular weight is 339 g/mol. The molecule has 132 valence electrons. The van der Waals surface area contributed by atoms with Crippen molar-refractivity contribution >= 4 is 23.3 Å². The molecule has 0 aliphatic carbocycles. The van der Waals surface area contributed by atoms with Crippen molar-refractivity contribution in [3.8, 4) is 0 Å². The minimum Gasteiger partial charge on any atom is -0.331 e. The molecule has 0 saturated carbocycles. The Morgan fingerprint density at radius 2 is 1.52 bits per heavy atom. The monoisotopic (exact) mass is 339 g/mol. The van der Waals surface area contributed by atoms with E-state index in [-0.39, 0.29) is 18.0 Å². The fraction of sp³-hybridized carbons (Fsp3) is 0.300. The summed E-state index contributed by atoms with van der Waals surface area (Å²) in [5, 5.41) is 8.48. The number of benzene rings is 2. The van der Waals surface area contributed by atoms with Gasteiger partial charge in [-0.15, -0.1) is 0 Å². The lowest BCUT2D eigenvalue weighted by atomic mass is 10.0. The number of urea groups is 1. The molecule has 5 nitrogen and oxygen atoms in total. The number of nitrogens with one attached hydrogen (secondary N) is 3. The molecule has 3 amide bonds. The molecule has 25 heavy (non-hydrogen) atoms. The van der Waals surface area contributed by atoms with Gasteiger partial charge in [0.15, 0.2) is 0 Å². The smallest absolute Gasteiger partial charge is 0.319 e. The number of rotatable bonds is 5. The average Bonchev–Trinajstić information content (AvgIpc) is 2.54. The Bertz CT molecular complexity index is 739. The molecule has 2 aromatic carbocycles. The molecule has 2 rings (SSSR count). The van der Waals surface area contributed by atoms with Crippen molar-refractivity contribution in [1.82, 2.24) is 5.32 Å². The van der Waals surface area contributed by atoms with Gasteiger partial charge in [-0.1, -0.05) is 38.1 Å². The standard InChI is InChI=1S/C20H25N3O2/c1-13(2)16-8-10-18(11-9-16)23-20(25)21-14(3)17-6-5-7-19(12-17)22-15(4)24/h5-14H,1-4H3,(H,22,24)(H2,21,23,25)/t14-/m0/s1. The largest absolute Gasteiger partial charge is 0.331 e. The lowest BCUT2D eigenvalue weighted by Gasteiger charge is -2.16. The summed E-state index contributed by atoms with van der Waals surface area (Å²) in [6.45, 7) is 7.62. The molecule has 3 N–H and O–H groups in total. The number of hydrogen-bond donors (Lipinski definition) is 3. The topological polar surface area (TPSA) is 70.2 Å². The lowest BCUT2D eigenvalue weighted by Crippen LogP contribution is -2.31. The number of amides is 3. The normalized spacial score (nSPS) is 11.7. The van der Waals surface area contributed by atoms with Gasteiger partial charge in [-0.25, -0.2) is 4.79 Å². The van der Waals surface area contributed by atoms with Crippen molar-refractivity contribution in [2.45, 2.75) is 39.7 Å². The summed E-state index contributed by atoms with van der Waals surface area (Å²) in [6, 6.07) is 14.8. The van der Waals surface area contributed by atoms with Gasteiger partial charge in [0.25, 0.3) is 0 Å². The van der Waals surface area contributed by atoms with Crippen LogP contribution in [-0.4, -0.2) is 11.9 Å². The van der Waals surface area contributed by atoms with E-state index in [0.717, 1.165) is 11.3 Å². The molecular weight excluding hydrogens is 314 g/mol. The van der Waals surface area contributed by atoms with Crippen LogP contribution in [0.1, 0.15) is 50.8 Å². The van der Waals surface area contributed by atoms with E-state index in [0.29, 0.717) is 11.6 Å². The summed E-state index contributed by atoms with van der Waals surface area (Å²) in [5.41, 5.74) is 3.61. The highest BCUT2D eigenvalue weighted by Gasteiger charge is 2.10. The zero-order valence-electron chi connectivity index (χ0n) is 15.1. The Balaban J connectivity index is 1.96. The molecule has 0 radical (unpaired) electrons. The van der Waals surface area contributed by atoms with Crippen molar-refractivity contribution in [3.05, 3.63) is 59.7 Å². The predicted octanol–water partition coefficient (Wildman–Crippen LogP) is 4.65. The highest BCUT2D eigenvalue weighted by Crippen LogP contribution is 2.19. The minimum atomic E-state index is -0.269. The van der Waals surface area contributed by atoms with Crippen LogP contribution in [0.3, 0.4) is 0 Å². The first-order valence-electron chi connectivity index (χ1n) is 8.40. The van der Waals surface area contributed by atoms with Crippen LogP contribution in [0, 0.1) is 0 Å². The first-order chi connectivity index (χ1) is 11.8. The maximum Gasteiger partial charge on any atom is 0.319 e. The van der Waals surface area contributed by atoms with Gasteiger partial charge in [-0.3, -0.25) is 4.79 Å². The fourth-order valence-electron chi connectivity index (χ4n) is 2.49. The maximum atomic E-state index is 12.2. The Labute approximate surface area is 148 Å². The van der Waals surface area contributed by atoms with E-state index in [9.17, 15) is 9.59 Å². The summed E-state index contributed by atoms with van der Waals surface area (Å²) in [4.78, 5) is 23.3. The SMILES string of the molecule is CC(=O)Nc1cccc([C@H](C)NC(=O)Nc2ccc(C(C)C)cc2)c1. The molecule has 0 fully saturated rings. The predicted molar refractivity (Wildman–Crippen MR) is 102 cm³/mol. The van der Waals surface area contributed by atoms with E-state index < -0.39 is 0 Å². The second kappa shape index (κ2) is 8.33. The van der Waals surface area contributed by atoms with Crippen molar-refractivity contribution in [2.75, 3.05) is 10.6 Å².